The molecule has 0 saturated carbocycles. The van der Waals surface area contributed by atoms with E-state index in [1.807, 2.05) is 37.3 Å². The SMILES string of the molecule is Cc1ccc(S(=O)(=O)n2nc(-c3ccccc3)cc2-c2ccc(F)cc2)cc1. The van der Waals surface area contributed by atoms with Crippen LogP contribution in [0.1, 0.15) is 5.56 Å². The summed E-state index contributed by atoms with van der Waals surface area (Å²) < 4.78 is 40.9. The van der Waals surface area contributed by atoms with Crippen LogP contribution in [0.25, 0.3) is 22.5 Å². The van der Waals surface area contributed by atoms with Crippen molar-refractivity contribution in [3.63, 3.8) is 0 Å². The summed E-state index contributed by atoms with van der Waals surface area (Å²) in [4.78, 5) is 0.143. The van der Waals surface area contributed by atoms with E-state index in [1.54, 1.807) is 42.5 Å². The Morgan fingerprint density at radius 1 is 0.821 bits per heavy atom. The van der Waals surface area contributed by atoms with Gasteiger partial charge in [-0.05, 0) is 49.4 Å². The van der Waals surface area contributed by atoms with E-state index < -0.39 is 10.0 Å². The van der Waals surface area contributed by atoms with Crippen molar-refractivity contribution in [2.45, 2.75) is 11.8 Å². The molecule has 1 aromatic heterocycles. The Morgan fingerprint density at radius 3 is 2.11 bits per heavy atom. The van der Waals surface area contributed by atoms with Crippen molar-refractivity contribution in [2.75, 3.05) is 0 Å². The lowest BCUT2D eigenvalue weighted by molar-refractivity contribution is 0.581. The molecule has 1 heterocycles. The Hall–Kier alpha value is -3.25. The molecule has 0 atom stereocenters. The maximum absolute atomic E-state index is 13.4. The average molecular weight is 392 g/mol. The van der Waals surface area contributed by atoms with Gasteiger partial charge in [0.1, 0.15) is 5.82 Å². The molecule has 3 aromatic carbocycles. The minimum atomic E-state index is -3.92. The molecule has 0 N–H and O–H groups in total. The van der Waals surface area contributed by atoms with Gasteiger partial charge in [-0.2, -0.15) is 17.6 Å². The van der Waals surface area contributed by atoms with Gasteiger partial charge in [0.15, 0.2) is 0 Å². The first kappa shape index (κ1) is 18.1. The van der Waals surface area contributed by atoms with Gasteiger partial charge in [0.05, 0.1) is 16.3 Å². The quantitative estimate of drug-likeness (QED) is 0.496. The summed E-state index contributed by atoms with van der Waals surface area (Å²) in [5.74, 6) is -0.389. The fraction of sp³-hybridized carbons (Fsp3) is 0.0455. The molecule has 0 unspecified atom stereocenters. The number of halogens is 1. The Bertz CT molecular complexity index is 1210. The highest BCUT2D eigenvalue weighted by Crippen LogP contribution is 2.29. The number of benzene rings is 3. The molecule has 4 nitrogen and oxygen atoms in total. The second kappa shape index (κ2) is 7.05. The van der Waals surface area contributed by atoms with Crippen LogP contribution in [0.15, 0.2) is 89.8 Å². The van der Waals surface area contributed by atoms with Crippen molar-refractivity contribution in [3.8, 4) is 22.5 Å². The van der Waals surface area contributed by atoms with Gasteiger partial charge < -0.3 is 0 Å². The van der Waals surface area contributed by atoms with Crippen molar-refractivity contribution in [2.24, 2.45) is 0 Å². The van der Waals surface area contributed by atoms with E-state index in [0.29, 0.717) is 17.0 Å². The molecule has 0 bridgehead atoms. The molecule has 0 aliphatic carbocycles. The van der Waals surface area contributed by atoms with Gasteiger partial charge in [0, 0.05) is 11.1 Å². The largest absolute Gasteiger partial charge is 0.283 e. The predicted molar refractivity (Wildman–Crippen MR) is 107 cm³/mol. The molecule has 0 spiro atoms. The van der Waals surface area contributed by atoms with Crippen molar-refractivity contribution < 1.29 is 12.8 Å². The molecule has 0 aliphatic heterocycles. The van der Waals surface area contributed by atoms with Crippen LogP contribution in [0, 0.1) is 12.7 Å². The highest BCUT2D eigenvalue weighted by Gasteiger charge is 2.24. The number of aryl methyl sites for hydroxylation is 1. The van der Waals surface area contributed by atoms with Crippen LogP contribution < -0.4 is 0 Å². The molecule has 0 aliphatic rings. The third kappa shape index (κ3) is 3.34. The Kier molecular flexibility index (Phi) is 4.57. The first-order chi connectivity index (χ1) is 13.4. The Morgan fingerprint density at radius 2 is 1.46 bits per heavy atom. The molecule has 0 radical (unpaired) electrons. The van der Waals surface area contributed by atoms with Crippen LogP contribution in [-0.2, 0) is 10.0 Å². The van der Waals surface area contributed by atoms with Crippen molar-refractivity contribution in [1.29, 1.82) is 0 Å². The molecule has 4 rings (SSSR count). The number of aromatic nitrogens is 2. The van der Waals surface area contributed by atoms with E-state index in [4.69, 9.17) is 0 Å². The molecule has 0 fully saturated rings. The molecule has 4 aromatic rings. The van der Waals surface area contributed by atoms with E-state index >= 15 is 0 Å². The van der Waals surface area contributed by atoms with Crippen molar-refractivity contribution >= 4 is 10.0 Å². The first-order valence-corrected chi connectivity index (χ1v) is 10.1. The summed E-state index contributed by atoms with van der Waals surface area (Å²) in [7, 11) is -3.92. The minimum absolute atomic E-state index is 0.143. The van der Waals surface area contributed by atoms with E-state index in [9.17, 15) is 12.8 Å². The first-order valence-electron chi connectivity index (χ1n) is 8.69. The van der Waals surface area contributed by atoms with Gasteiger partial charge in [0.2, 0.25) is 0 Å². The molecular weight excluding hydrogens is 375 g/mol. The topological polar surface area (TPSA) is 52.0 Å². The monoisotopic (exact) mass is 392 g/mol. The third-order valence-electron chi connectivity index (χ3n) is 4.43. The normalized spacial score (nSPS) is 11.5. The van der Waals surface area contributed by atoms with Gasteiger partial charge in [-0.25, -0.2) is 4.39 Å². The fourth-order valence-corrected chi connectivity index (χ4v) is 4.22. The van der Waals surface area contributed by atoms with E-state index in [0.717, 1.165) is 15.2 Å². The Labute approximate surface area is 163 Å². The van der Waals surface area contributed by atoms with E-state index in [-0.39, 0.29) is 10.7 Å². The smallest absolute Gasteiger partial charge is 0.207 e. The molecule has 0 amide bonds. The number of hydrogen-bond acceptors (Lipinski definition) is 3. The van der Waals surface area contributed by atoms with Gasteiger partial charge in [-0.3, -0.25) is 0 Å². The summed E-state index contributed by atoms with van der Waals surface area (Å²) in [5, 5.41) is 4.38. The van der Waals surface area contributed by atoms with Gasteiger partial charge in [0.25, 0.3) is 10.0 Å². The van der Waals surface area contributed by atoms with Crippen LogP contribution >= 0.6 is 0 Å². The third-order valence-corrected chi connectivity index (χ3v) is 6.04. The highest BCUT2D eigenvalue weighted by atomic mass is 32.2. The summed E-state index contributed by atoms with van der Waals surface area (Å²) in [6.07, 6.45) is 0. The van der Waals surface area contributed by atoms with Crippen molar-refractivity contribution in [3.05, 3.63) is 96.3 Å². The lowest BCUT2D eigenvalue weighted by Crippen LogP contribution is -2.16. The van der Waals surface area contributed by atoms with Gasteiger partial charge in [-0.15, -0.1) is 0 Å². The lowest BCUT2D eigenvalue weighted by Gasteiger charge is -2.09. The molecule has 28 heavy (non-hydrogen) atoms. The second-order valence-electron chi connectivity index (χ2n) is 6.45. The van der Waals surface area contributed by atoms with E-state index in [1.165, 1.54) is 12.1 Å². The van der Waals surface area contributed by atoms with Gasteiger partial charge >= 0.3 is 0 Å². The van der Waals surface area contributed by atoms with Crippen LogP contribution in [0.4, 0.5) is 4.39 Å². The summed E-state index contributed by atoms with van der Waals surface area (Å²) in [6.45, 7) is 1.89. The van der Waals surface area contributed by atoms with Crippen LogP contribution in [0.3, 0.4) is 0 Å². The molecule has 6 heteroatoms. The zero-order valence-corrected chi connectivity index (χ0v) is 15.9. The van der Waals surface area contributed by atoms with Crippen LogP contribution in [-0.4, -0.2) is 17.6 Å². The zero-order valence-electron chi connectivity index (χ0n) is 15.1. The van der Waals surface area contributed by atoms with E-state index in [2.05, 4.69) is 5.10 Å². The summed E-state index contributed by atoms with van der Waals surface area (Å²) >= 11 is 0. The number of hydrogen-bond donors (Lipinski definition) is 0. The average Bonchev–Trinajstić information content (AvgIpc) is 3.16. The fourth-order valence-electron chi connectivity index (χ4n) is 2.92. The standard InChI is InChI=1S/C22H17FN2O2S/c1-16-7-13-20(14-8-16)28(26,27)25-22(18-9-11-19(23)12-10-18)15-21(24-25)17-5-3-2-4-6-17/h2-15H,1H3. The summed E-state index contributed by atoms with van der Waals surface area (Å²) in [6, 6.07) is 23.3. The van der Waals surface area contributed by atoms with Crippen molar-refractivity contribution in [1.82, 2.24) is 9.19 Å². The zero-order chi connectivity index (χ0) is 19.7. The number of rotatable bonds is 4. The molecule has 140 valence electrons. The minimum Gasteiger partial charge on any atom is -0.207 e. The maximum atomic E-state index is 13.4. The predicted octanol–water partition coefficient (Wildman–Crippen LogP) is 4.90. The molecule has 0 saturated heterocycles. The van der Waals surface area contributed by atoms with Crippen LogP contribution in [0.2, 0.25) is 0 Å². The van der Waals surface area contributed by atoms with Gasteiger partial charge in [-0.1, -0.05) is 48.0 Å². The Balaban J connectivity index is 1.93. The summed E-state index contributed by atoms with van der Waals surface area (Å²) in [5.41, 5.74) is 3.22. The highest BCUT2D eigenvalue weighted by molar-refractivity contribution is 7.90. The van der Waals surface area contributed by atoms with Crippen LogP contribution in [0.5, 0.6) is 0 Å². The lowest BCUT2D eigenvalue weighted by atomic mass is 10.1. The number of nitrogens with zero attached hydrogens (tertiary/aromatic N) is 2. The maximum Gasteiger partial charge on any atom is 0.283 e. The second-order valence-corrected chi connectivity index (χ2v) is 8.22. The molecular formula is C22H17FN2O2S.